The van der Waals surface area contributed by atoms with E-state index in [1.807, 2.05) is 54.6 Å². The summed E-state index contributed by atoms with van der Waals surface area (Å²) >= 11 is 1.54. The predicted molar refractivity (Wildman–Crippen MR) is 116 cm³/mol. The van der Waals surface area contributed by atoms with Gasteiger partial charge in [-0.2, -0.15) is 0 Å². The Hall–Kier alpha value is -2.36. The van der Waals surface area contributed by atoms with E-state index in [0.29, 0.717) is 25.3 Å². The lowest BCUT2D eigenvalue weighted by Gasteiger charge is -2.35. The minimum Gasteiger partial charge on any atom is -0.372 e. The molecule has 4 rings (SSSR count). The van der Waals surface area contributed by atoms with E-state index in [0.717, 1.165) is 40.8 Å². The van der Waals surface area contributed by atoms with Gasteiger partial charge in [0.15, 0.2) is 10.7 Å². The molecule has 4 heterocycles. The molecule has 1 saturated heterocycles. The smallest absolute Gasteiger partial charge is 0.274 e. The van der Waals surface area contributed by atoms with Crippen LogP contribution in [0.1, 0.15) is 47.2 Å². The topological polar surface area (TPSA) is 84.7 Å². The first-order chi connectivity index (χ1) is 14.4. The molecule has 0 bridgehead atoms. The number of fused-ring (bicyclic) bond motifs is 1. The van der Waals surface area contributed by atoms with Crippen molar-refractivity contribution in [2.45, 2.75) is 52.9 Å². The van der Waals surface area contributed by atoms with Crippen molar-refractivity contribution in [2.24, 2.45) is 0 Å². The molecule has 1 amide bonds. The van der Waals surface area contributed by atoms with Crippen molar-refractivity contribution in [3.63, 3.8) is 0 Å². The quantitative estimate of drug-likeness (QED) is 0.607. The molecule has 1 aliphatic rings. The van der Waals surface area contributed by atoms with Gasteiger partial charge in [-0.05, 0) is 33.8 Å². The fraction of sp³-hybridized carbons (Fsp3) is 0.524. The molecule has 2 atom stereocenters. The van der Waals surface area contributed by atoms with Gasteiger partial charge in [0.25, 0.3) is 5.91 Å². The van der Waals surface area contributed by atoms with Crippen LogP contribution in [0.15, 0.2) is 17.6 Å². The Bertz CT molecular complexity index is 1020. The van der Waals surface area contributed by atoms with Crippen LogP contribution in [0.3, 0.4) is 0 Å². The molecule has 0 unspecified atom stereocenters. The number of carbonyl (C=O) groups excluding carboxylic acids is 1. The molecule has 8 nitrogen and oxygen atoms in total. The molecule has 9 heteroatoms. The van der Waals surface area contributed by atoms with E-state index in [1.165, 1.54) is 11.3 Å². The number of carbonyl (C=O) groups is 1. The fourth-order valence-corrected chi connectivity index (χ4v) is 4.72. The number of hydrogen-bond acceptors (Lipinski definition) is 7. The minimum atomic E-state index is -0.0256. The van der Waals surface area contributed by atoms with Gasteiger partial charge in [0.1, 0.15) is 5.82 Å². The summed E-state index contributed by atoms with van der Waals surface area (Å²) in [6.45, 7) is 10.4. The number of nitrogens with one attached hydrogen (secondary N) is 1. The van der Waals surface area contributed by atoms with Crippen LogP contribution in [0.2, 0.25) is 0 Å². The highest BCUT2D eigenvalue weighted by Crippen LogP contribution is 2.21. The summed E-state index contributed by atoms with van der Waals surface area (Å²) in [7, 11) is 0. The molecule has 3 aromatic rings. The molecular weight excluding hydrogens is 400 g/mol. The average molecular weight is 429 g/mol. The number of rotatable bonds is 6. The third-order valence-corrected chi connectivity index (χ3v) is 5.87. The highest BCUT2D eigenvalue weighted by Gasteiger charge is 2.30. The van der Waals surface area contributed by atoms with Crippen LogP contribution in [0.5, 0.6) is 0 Å². The maximum absolute atomic E-state index is 13.3. The Balaban J connectivity index is 1.46. The fourth-order valence-electron chi connectivity index (χ4n) is 3.98. The lowest BCUT2D eigenvalue weighted by Crippen LogP contribution is -2.48. The summed E-state index contributed by atoms with van der Waals surface area (Å²) in [4.78, 5) is 29.6. The van der Waals surface area contributed by atoms with E-state index in [-0.39, 0.29) is 18.1 Å². The SMILES string of the molecule is Cc1cc(C)nc(CCNCc2c(C(=O)N3C[C@@H](C)O[C@@H](C)C3)nc3sccn23)n1. The zero-order valence-electron chi connectivity index (χ0n) is 17.9. The van der Waals surface area contributed by atoms with E-state index in [2.05, 4.69) is 20.3 Å². The van der Waals surface area contributed by atoms with Gasteiger partial charge in [-0.15, -0.1) is 11.3 Å². The first-order valence-corrected chi connectivity index (χ1v) is 11.2. The van der Waals surface area contributed by atoms with Crippen molar-refractivity contribution < 1.29 is 9.53 Å². The van der Waals surface area contributed by atoms with Crippen LogP contribution >= 0.6 is 11.3 Å². The second-order valence-corrected chi connectivity index (χ2v) is 8.80. The monoisotopic (exact) mass is 428 g/mol. The second kappa shape index (κ2) is 8.79. The highest BCUT2D eigenvalue weighted by atomic mass is 32.1. The van der Waals surface area contributed by atoms with Crippen molar-refractivity contribution in [3.8, 4) is 0 Å². The lowest BCUT2D eigenvalue weighted by atomic mass is 10.2. The first-order valence-electron chi connectivity index (χ1n) is 10.3. The average Bonchev–Trinajstić information content (AvgIpc) is 3.25. The molecule has 0 radical (unpaired) electrons. The van der Waals surface area contributed by atoms with Crippen molar-refractivity contribution in [1.29, 1.82) is 0 Å². The normalized spacial score (nSPS) is 19.5. The number of amides is 1. The van der Waals surface area contributed by atoms with E-state index in [4.69, 9.17) is 4.74 Å². The molecule has 3 aromatic heterocycles. The molecule has 160 valence electrons. The van der Waals surface area contributed by atoms with Crippen molar-refractivity contribution in [2.75, 3.05) is 19.6 Å². The van der Waals surface area contributed by atoms with Gasteiger partial charge in [0.2, 0.25) is 0 Å². The minimum absolute atomic E-state index is 0.0256. The van der Waals surface area contributed by atoms with Crippen LogP contribution in [-0.2, 0) is 17.7 Å². The number of morpholine rings is 1. The summed E-state index contributed by atoms with van der Waals surface area (Å²) in [6.07, 6.45) is 2.76. The van der Waals surface area contributed by atoms with Crippen LogP contribution in [-0.4, -0.2) is 62.0 Å². The Morgan fingerprint density at radius 3 is 2.60 bits per heavy atom. The third-order valence-electron chi connectivity index (χ3n) is 5.12. The Morgan fingerprint density at radius 1 is 1.20 bits per heavy atom. The Morgan fingerprint density at radius 2 is 1.90 bits per heavy atom. The molecule has 1 aliphatic heterocycles. The van der Waals surface area contributed by atoms with Gasteiger partial charge in [-0.1, -0.05) is 0 Å². The summed E-state index contributed by atoms with van der Waals surface area (Å²) in [5.74, 6) is 0.809. The number of nitrogens with zero attached hydrogens (tertiary/aromatic N) is 5. The van der Waals surface area contributed by atoms with E-state index < -0.39 is 0 Å². The van der Waals surface area contributed by atoms with Gasteiger partial charge in [0.05, 0.1) is 17.9 Å². The van der Waals surface area contributed by atoms with Gasteiger partial charge in [-0.3, -0.25) is 9.20 Å². The van der Waals surface area contributed by atoms with Gasteiger partial charge in [0, 0.05) is 55.6 Å². The van der Waals surface area contributed by atoms with Crippen LogP contribution in [0.25, 0.3) is 4.96 Å². The second-order valence-electron chi connectivity index (χ2n) is 7.92. The molecule has 0 aliphatic carbocycles. The third kappa shape index (κ3) is 4.53. The Labute approximate surface area is 180 Å². The zero-order chi connectivity index (χ0) is 21.3. The van der Waals surface area contributed by atoms with E-state index >= 15 is 0 Å². The van der Waals surface area contributed by atoms with Crippen molar-refractivity contribution >= 4 is 22.2 Å². The van der Waals surface area contributed by atoms with Gasteiger partial charge >= 0.3 is 0 Å². The Kier molecular flexibility index (Phi) is 6.12. The van der Waals surface area contributed by atoms with Crippen LogP contribution in [0.4, 0.5) is 0 Å². The molecular formula is C21H28N6O2S. The first kappa shape index (κ1) is 20.9. The largest absolute Gasteiger partial charge is 0.372 e. The molecule has 0 aromatic carbocycles. The predicted octanol–water partition coefficient (Wildman–Crippen LogP) is 2.38. The van der Waals surface area contributed by atoms with Crippen LogP contribution < -0.4 is 5.32 Å². The van der Waals surface area contributed by atoms with Gasteiger partial charge < -0.3 is 15.0 Å². The van der Waals surface area contributed by atoms with Crippen molar-refractivity contribution in [1.82, 2.24) is 29.6 Å². The number of ether oxygens (including phenoxy) is 1. The van der Waals surface area contributed by atoms with E-state index in [1.54, 1.807) is 0 Å². The number of hydrogen-bond donors (Lipinski definition) is 1. The molecule has 1 N–H and O–H groups in total. The standard InChI is InChI=1S/C21H28N6O2S/c1-13-9-14(2)24-18(23-13)5-6-22-10-17-19(25-21-27(17)7-8-30-21)20(28)26-11-15(3)29-16(4)12-26/h7-9,15-16,22H,5-6,10-12H2,1-4H3/t15-,16+. The van der Waals surface area contributed by atoms with Crippen LogP contribution in [0, 0.1) is 13.8 Å². The summed E-state index contributed by atoms with van der Waals surface area (Å²) in [5, 5.41) is 5.43. The molecule has 0 spiro atoms. The molecule has 1 fully saturated rings. The zero-order valence-corrected chi connectivity index (χ0v) is 18.7. The number of imidazole rings is 1. The number of aryl methyl sites for hydroxylation is 2. The molecule has 30 heavy (non-hydrogen) atoms. The summed E-state index contributed by atoms with van der Waals surface area (Å²) < 4.78 is 7.78. The van der Waals surface area contributed by atoms with Crippen molar-refractivity contribution in [3.05, 3.63) is 46.2 Å². The number of aromatic nitrogens is 4. The van der Waals surface area contributed by atoms with Gasteiger partial charge in [-0.25, -0.2) is 15.0 Å². The van der Waals surface area contributed by atoms with E-state index in [9.17, 15) is 4.79 Å². The maximum Gasteiger partial charge on any atom is 0.274 e. The number of thiazole rings is 1. The summed E-state index contributed by atoms with van der Waals surface area (Å²) in [5.41, 5.74) is 3.38. The summed E-state index contributed by atoms with van der Waals surface area (Å²) in [6, 6.07) is 1.97. The highest BCUT2D eigenvalue weighted by molar-refractivity contribution is 7.15. The molecule has 0 saturated carbocycles. The maximum atomic E-state index is 13.3. The lowest BCUT2D eigenvalue weighted by molar-refractivity contribution is -0.0587.